The summed E-state index contributed by atoms with van der Waals surface area (Å²) in [5, 5.41) is 10.5. The number of phenols is 1. The number of hydrogen-bond acceptors (Lipinski definition) is 3. The van der Waals surface area contributed by atoms with E-state index in [0.29, 0.717) is 12.2 Å². The predicted molar refractivity (Wildman–Crippen MR) is 109 cm³/mol. The van der Waals surface area contributed by atoms with Crippen molar-refractivity contribution in [3.05, 3.63) is 59.7 Å². The second-order valence-corrected chi connectivity index (χ2v) is 6.66. The average Bonchev–Trinajstić information content (AvgIpc) is 2.68. The van der Waals surface area contributed by atoms with Crippen LogP contribution in [0.4, 0.5) is 5.69 Å². The van der Waals surface area contributed by atoms with Crippen molar-refractivity contribution in [3.63, 3.8) is 0 Å². The third-order valence-electron chi connectivity index (χ3n) is 4.90. The number of Topliss-reactive ketones (excluding diaryl/α,β-unsaturated/α-hetero) is 1. The maximum atomic E-state index is 12.1. The molecule has 0 saturated carbocycles. The fraction of sp³-hybridized carbons (Fsp3) is 0.435. The SMILES string of the molecule is CCN(CC)c1cccc(CCCCCCC(=O)c2ccccc2)c1O. The summed E-state index contributed by atoms with van der Waals surface area (Å²) in [6.07, 6.45) is 5.60. The predicted octanol–water partition coefficient (Wildman–Crippen LogP) is 5.61. The molecular formula is C23H31NO2. The molecule has 0 heterocycles. The summed E-state index contributed by atoms with van der Waals surface area (Å²) in [4.78, 5) is 14.2. The topological polar surface area (TPSA) is 40.5 Å². The van der Waals surface area contributed by atoms with Gasteiger partial charge in [-0.1, -0.05) is 55.3 Å². The Balaban J connectivity index is 1.73. The number of aryl methyl sites for hydroxylation is 1. The third-order valence-corrected chi connectivity index (χ3v) is 4.90. The summed E-state index contributed by atoms with van der Waals surface area (Å²) in [5.41, 5.74) is 2.77. The van der Waals surface area contributed by atoms with E-state index in [1.807, 2.05) is 48.5 Å². The van der Waals surface area contributed by atoms with Gasteiger partial charge >= 0.3 is 0 Å². The van der Waals surface area contributed by atoms with Gasteiger partial charge in [-0.25, -0.2) is 0 Å². The number of carbonyl (C=O) groups excluding carboxylic acids is 1. The molecule has 140 valence electrons. The van der Waals surface area contributed by atoms with Crippen molar-refractivity contribution in [1.82, 2.24) is 0 Å². The molecule has 2 aromatic carbocycles. The quantitative estimate of drug-likeness (QED) is 0.421. The van der Waals surface area contributed by atoms with Crippen molar-refractivity contribution in [2.45, 2.75) is 52.4 Å². The molecule has 0 radical (unpaired) electrons. The molecule has 0 amide bonds. The largest absolute Gasteiger partial charge is 0.505 e. The smallest absolute Gasteiger partial charge is 0.162 e. The van der Waals surface area contributed by atoms with E-state index in [0.717, 1.165) is 62.0 Å². The second kappa shape index (κ2) is 10.6. The molecule has 0 fully saturated rings. The highest BCUT2D eigenvalue weighted by Gasteiger charge is 2.11. The Morgan fingerprint density at radius 1 is 0.885 bits per heavy atom. The van der Waals surface area contributed by atoms with Crippen molar-refractivity contribution >= 4 is 11.5 Å². The van der Waals surface area contributed by atoms with Crippen LogP contribution in [-0.2, 0) is 6.42 Å². The summed E-state index contributed by atoms with van der Waals surface area (Å²) in [6, 6.07) is 15.5. The number of phenolic OH excluding ortho intramolecular Hbond substituents is 1. The van der Waals surface area contributed by atoms with Crippen molar-refractivity contribution in [1.29, 1.82) is 0 Å². The normalized spacial score (nSPS) is 10.7. The number of unbranched alkanes of at least 4 members (excludes halogenated alkanes) is 3. The van der Waals surface area contributed by atoms with E-state index in [-0.39, 0.29) is 5.78 Å². The molecule has 0 saturated heterocycles. The van der Waals surface area contributed by atoms with Crippen LogP contribution in [0, 0.1) is 0 Å². The summed E-state index contributed by atoms with van der Waals surface area (Å²) >= 11 is 0. The lowest BCUT2D eigenvalue weighted by atomic mass is 10.0. The van der Waals surface area contributed by atoms with Gasteiger partial charge in [0.1, 0.15) is 5.75 Å². The first kappa shape index (κ1) is 20.0. The molecule has 1 N–H and O–H groups in total. The van der Waals surface area contributed by atoms with Gasteiger partial charge < -0.3 is 10.0 Å². The maximum absolute atomic E-state index is 12.1. The summed E-state index contributed by atoms with van der Waals surface area (Å²) in [7, 11) is 0. The first-order chi connectivity index (χ1) is 12.7. The van der Waals surface area contributed by atoms with Gasteiger partial charge in [0.2, 0.25) is 0 Å². The number of rotatable bonds is 11. The van der Waals surface area contributed by atoms with Gasteiger partial charge in [-0.05, 0) is 44.7 Å². The molecule has 0 aliphatic carbocycles. The zero-order chi connectivity index (χ0) is 18.8. The first-order valence-corrected chi connectivity index (χ1v) is 9.81. The van der Waals surface area contributed by atoms with Crippen LogP contribution in [0.2, 0.25) is 0 Å². The number of nitrogens with zero attached hydrogens (tertiary/aromatic N) is 1. The molecule has 2 aromatic rings. The van der Waals surface area contributed by atoms with Crippen LogP contribution in [-0.4, -0.2) is 24.0 Å². The highest BCUT2D eigenvalue weighted by molar-refractivity contribution is 5.95. The van der Waals surface area contributed by atoms with Crippen molar-refractivity contribution in [3.8, 4) is 5.75 Å². The number of hydrogen-bond donors (Lipinski definition) is 1. The van der Waals surface area contributed by atoms with Gasteiger partial charge in [0.15, 0.2) is 5.78 Å². The lowest BCUT2D eigenvalue weighted by Crippen LogP contribution is -2.22. The molecule has 0 bridgehead atoms. The number of anilines is 1. The summed E-state index contributed by atoms with van der Waals surface area (Å²) in [5.74, 6) is 0.658. The van der Waals surface area contributed by atoms with Crippen LogP contribution in [0.1, 0.15) is 61.9 Å². The summed E-state index contributed by atoms with van der Waals surface area (Å²) in [6.45, 7) is 5.99. The lowest BCUT2D eigenvalue weighted by Gasteiger charge is -2.23. The van der Waals surface area contributed by atoms with E-state index in [1.165, 1.54) is 0 Å². The second-order valence-electron chi connectivity index (χ2n) is 6.66. The average molecular weight is 354 g/mol. The van der Waals surface area contributed by atoms with E-state index in [1.54, 1.807) is 0 Å². The van der Waals surface area contributed by atoms with E-state index in [4.69, 9.17) is 0 Å². The van der Waals surface area contributed by atoms with Crippen molar-refractivity contribution < 1.29 is 9.90 Å². The van der Waals surface area contributed by atoms with E-state index in [9.17, 15) is 9.90 Å². The number of ketones is 1. The van der Waals surface area contributed by atoms with Crippen LogP contribution in [0.15, 0.2) is 48.5 Å². The molecule has 0 spiro atoms. The molecular weight excluding hydrogens is 322 g/mol. The molecule has 3 heteroatoms. The zero-order valence-corrected chi connectivity index (χ0v) is 16.1. The van der Waals surface area contributed by atoms with Crippen molar-refractivity contribution in [2.75, 3.05) is 18.0 Å². The number of carbonyl (C=O) groups is 1. The van der Waals surface area contributed by atoms with Crippen LogP contribution in [0.25, 0.3) is 0 Å². The molecule has 26 heavy (non-hydrogen) atoms. The fourth-order valence-electron chi connectivity index (χ4n) is 3.32. The Bertz CT molecular complexity index is 678. The number of aromatic hydroxyl groups is 1. The lowest BCUT2D eigenvalue weighted by molar-refractivity contribution is 0.0979. The standard InChI is InChI=1S/C23H31NO2/c1-3-24(4-2)21-17-12-16-20(23(21)26)15-8-5-6-11-18-22(25)19-13-9-7-10-14-19/h7,9-10,12-14,16-17,26H,3-6,8,11,15,18H2,1-2H3. The van der Waals surface area contributed by atoms with Gasteiger partial charge in [0, 0.05) is 25.1 Å². The Kier molecular flexibility index (Phi) is 8.20. The molecule has 0 aliphatic heterocycles. The number of benzene rings is 2. The van der Waals surface area contributed by atoms with Crippen LogP contribution < -0.4 is 4.90 Å². The zero-order valence-electron chi connectivity index (χ0n) is 16.1. The Morgan fingerprint density at radius 2 is 1.58 bits per heavy atom. The molecule has 0 aromatic heterocycles. The van der Waals surface area contributed by atoms with E-state index in [2.05, 4.69) is 18.7 Å². The highest BCUT2D eigenvalue weighted by atomic mass is 16.3. The number of para-hydroxylation sites is 1. The van der Waals surface area contributed by atoms with Gasteiger partial charge in [-0.15, -0.1) is 0 Å². The van der Waals surface area contributed by atoms with Crippen molar-refractivity contribution in [2.24, 2.45) is 0 Å². The minimum Gasteiger partial charge on any atom is -0.505 e. The van der Waals surface area contributed by atoms with Crippen LogP contribution in [0.5, 0.6) is 5.75 Å². The molecule has 2 rings (SSSR count). The summed E-state index contributed by atoms with van der Waals surface area (Å²) < 4.78 is 0. The molecule has 0 aliphatic rings. The maximum Gasteiger partial charge on any atom is 0.162 e. The van der Waals surface area contributed by atoms with Gasteiger partial charge in [0.05, 0.1) is 5.69 Å². The van der Waals surface area contributed by atoms with Gasteiger partial charge in [-0.2, -0.15) is 0 Å². The minimum atomic E-state index is 0.232. The van der Waals surface area contributed by atoms with Gasteiger partial charge in [0.25, 0.3) is 0 Å². The van der Waals surface area contributed by atoms with Crippen LogP contribution in [0.3, 0.4) is 0 Å². The van der Waals surface area contributed by atoms with Gasteiger partial charge in [-0.3, -0.25) is 4.79 Å². The Morgan fingerprint density at radius 3 is 2.27 bits per heavy atom. The van der Waals surface area contributed by atoms with E-state index >= 15 is 0 Å². The fourth-order valence-corrected chi connectivity index (χ4v) is 3.32. The molecule has 0 atom stereocenters. The minimum absolute atomic E-state index is 0.232. The molecule has 3 nitrogen and oxygen atoms in total. The molecule has 0 unspecified atom stereocenters. The monoisotopic (exact) mass is 353 g/mol. The highest BCUT2D eigenvalue weighted by Crippen LogP contribution is 2.31. The third kappa shape index (κ3) is 5.62. The van der Waals surface area contributed by atoms with Crippen LogP contribution >= 0.6 is 0 Å². The van der Waals surface area contributed by atoms with E-state index < -0.39 is 0 Å². The first-order valence-electron chi connectivity index (χ1n) is 9.81. The Labute approximate surface area is 157 Å². The Hall–Kier alpha value is -2.29.